The van der Waals surface area contributed by atoms with Crippen LogP contribution in [0.25, 0.3) is 6.08 Å². The Morgan fingerprint density at radius 1 is 1.04 bits per heavy atom. The molecule has 5 nitrogen and oxygen atoms in total. The number of piperazine rings is 1. The first-order valence-electron chi connectivity index (χ1n) is 9.22. The Hall–Kier alpha value is -3.15. The van der Waals surface area contributed by atoms with Gasteiger partial charge in [-0.15, -0.1) is 0 Å². The summed E-state index contributed by atoms with van der Waals surface area (Å²) < 4.78 is 18.9. The summed E-state index contributed by atoms with van der Waals surface area (Å²) in [4.78, 5) is 27.7. The van der Waals surface area contributed by atoms with E-state index in [1.54, 1.807) is 29.2 Å². The van der Waals surface area contributed by atoms with Crippen molar-refractivity contribution in [1.82, 2.24) is 4.90 Å². The van der Waals surface area contributed by atoms with E-state index in [1.165, 1.54) is 12.1 Å². The normalized spacial score (nSPS) is 14.4. The van der Waals surface area contributed by atoms with E-state index in [9.17, 15) is 14.0 Å². The monoisotopic (exact) mass is 382 g/mol. The molecule has 1 amide bonds. The zero-order chi connectivity index (χ0) is 19.9. The van der Waals surface area contributed by atoms with Gasteiger partial charge in [-0.1, -0.05) is 36.4 Å². The highest BCUT2D eigenvalue weighted by molar-refractivity contribution is 5.89. The summed E-state index contributed by atoms with van der Waals surface area (Å²) in [7, 11) is 0. The van der Waals surface area contributed by atoms with Crippen LogP contribution in [-0.2, 0) is 14.3 Å². The SMILES string of the molecule is Cc1ccccc1/C=C/C(=O)OCC(=O)N1CCN(c2ccccc2F)CC1. The van der Waals surface area contributed by atoms with Crippen molar-refractivity contribution < 1.29 is 18.7 Å². The molecule has 28 heavy (non-hydrogen) atoms. The van der Waals surface area contributed by atoms with Crippen LogP contribution in [-0.4, -0.2) is 49.6 Å². The van der Waals surface area contributed by atoms with Crippen LogP contribution in [0.5, 0.6) is 0 Å². The molecule has 1 aliphatic rings. The van der Waals surface area contributed by atoms with Gasteiger partial charge in [-0.25, -0.2) is 9.18 Å². The minimum atomic E-state index is -0.554. The number of halogens is 1. The minimum Gasteiger partial charge on any atom is -0.452 e. The molecule has 1 aliphatic heterocycles. The fourth-order valence-corrected chi connectivity index (χ4v) is 3.11. The van der Waals surface area contributed by atoms with Crippen molar-refractivity contribution in [2.75, 3.05) is 37.7 Å². The van der Waals surface area contributed by atoms with E-state index in [0.717, 1.165) is 11.1 Å². The molecule has 0 saturated carbocycles. The molecule has 0 bridgehead atoms. The molecule has 6 heteroatoms. The summed E-state index contributed by atoms with van der Waals surface area (Å²) >= 11 is 0. The van der Waals surface area contributed by atoms with Crippen LogP contribution < -0.4 is 4.90 Å². The van der Waals surface area contributed by atoms with Crippen molar-refractivity contribution in [2.45, 2.75) is 6.92 Å². The molecule has 3 rings (SSSR count). The van der Waals surface area contributed by atoms with E-state index >= 15 is 0 Å². The number of rotatable bonds is 5. The van der Waals surface area contributed by atoms with Gasteiger partial charge in [-0.2, -0.15) is 0 Å². The summed E-state index contributed by atoms with van der Waals surface area (Å²) in [5.41, 5.74) is 2.52. The number of carbonyl (C=O) groups excluding carboxylic acids is 2. The van der Waals surface area contributed by atoms with E-state index in [2.05, 4.69) is 0 Å². The van der Waals surface area contributed by atoms with Crippen LogP contribution in [0.3, 0.4) is 0 Å². The summed E-state index contributed by atoms with van der Waals surface area (Å²) in [6.07, 6.45) is 3.00. The predicted molar refractivity (Wildman–Crippen MR) is 106 cm³/mol. The lowest BCUT2D eigenvalue weighted by atomic mass is 10.1. The molecule has 2 aromatic rings. The first-order valence-corrected chi connectivity index (χ1v) is 9.22. The molecule has 0 unspecified atom stereocenters. The van der Waals surface area contributed by atoms with Gasteiger partial charge in [0.1, 0.15) is 5.82 Å². The number of benzene rings is 2. The van der Waals surface area contributed by atoms with E-state index in [1.807, 2.05) is 36.1 Å². The Labute approximate surface area is 164 Å². The van der Waals surface area contributed by atoms with Gasteiger partial charge in [0.15, 0.2) is 6.61 Å². The number of carbonyl (C=O) groups is 2. The number of para-hydroxylation sites is 1. The van der Waals surface area contributed by atoms with E-state index in [4.69, 9.17) is 4.74 Å². The Balaban J connectivity index is 1.45. The second-order valence-electron chi connectivity index (χ2n) is 6.62. The zero-order valence-corrected chi connectivity index (χ0v) is 15.8. The summed E-state index contributed by atoms with van der Waals surface area (Å²) in [5.74, 6) is -1.07. The molecule has 0 atom stereocenters. The average molecular weight is 382 g/mol. The van der Waals surface area contributed by atoms with Gasteiger partial charge < -0.3 is 14.5 Å². The summed E-state index contributed by atoms with van der Waals surface area (Å²) in [5, 5.41) is 0. The largest absolute Gasteiger partial charge is 0.452 e. The Kier molecular flexibility index (Phi) is 6.42. The molecule has 2 aromatic carbocycles. The first kappa shape index (κ1) is 19.6. The van der Waals surface area contributed by atoms with Crippen molar-refractivity contribution in [3.8, 4) is 0 Å². The van der Waals surface area contributed by atoms with Crippen molar-refractivity contribution in [3.05, 3.63) is 71.6 Å². The zero-order valence-electron chi connectivity index (χ0n) is 15.8. The molecular formula is C22H23FN2O3. The fraction of sp³-hybridized carbons (Fsp3) is 0.273. The van der Waals surface area contributed by atoms with Crippen LogP contribution in [0.1, 0.15) is 11.1 Å². The second-order valence-corrected chi connectivity index (χ2v) is 6.62. The summed E-state index contributed by atoms with van der Waals surface area (Å²) in [6, 6.07) is 14.3. The molecule has 1 heterocycles. The standard InChI is InChI=1S/C22H23FN2O3/c1-17-6-2-3-7-18(17)10-11-22(27)28-16-21(26)25-14-12-24(13-15-25)20-9-5-4-8-19(20)23/h2-11H,12-16H2,1H3/b11-10+. The lowest BCUT2D eigenvalue weighted by molar-refractivity contribution is -0.148. The van der Waals surface area contributed by atoms with Gasteiger partial charge >= 0.3 is 5.97 Å². The average Bonchev–Trinajstić information content (AvgIpc) is 2.72. The number of hydrogen-bond donors (Lipinski definition) is 0. The van der Waals surface area contributed by atoms with E-state index < -0.39 is 5.97 Å². The minimum absolute atomic E-state index is 0.245. The van der Waals surface area contributed by atoms with Crippen molar-refractivity contribution in [2.24, 2.45) is 0 Å². The Bertz CT molecular complexity index is 874. The molecule has 0 N–H and O–H groups in total. The van der Waals surface area contributed by atoms with Gasteiger partial charge in [-0.05, 0) is 36.3 Å². The molecule has 0 spiro atoms. The predicted octanol–water partition coefficient (Wildman–Crippen LogP) is 3.04. The topological polar surface area (TPSA) is 49.9 Å². The smallest absolute Gasteiger partial charge is 0.331 e. The highest BCUT2D eigenvalue weighted by Crippen LogP contribution is 2.20. The number of anilines is 1. The van der Waals surface area contributed by atoms with Crippen LogP contribution in [0.15, 0.2) is 54.6 Å². The van der Waals surface area contributed by atoms with E-state index in [-0.39, 0.29) is 18.3 Å². The van der Waals surface area contributed by atoms with Gasteiger partial charge in [0.05, 0.1) is 5.69 Å². The number of amides is 1. The highest BCUT2D eigenvalue weighted by Gasteiger charge is 2.23. The number of ether oxygens (including phenoxy) is 1. The van der Waals surface area contributed by atoms with Gasteiger partial charge in [-0.3, -0.25) is 4.79 Å². The van der Waals surface area contributed by atoms with Crippen molar-refractivity contribution >= 4 is 23.6 Å². The lowest BCUT2D eigenvalue weighted by Crippen LogP contribution is -2.50. The number of esters is 1. The highest BCUT2D eigenvalue weighted by atomic mass is 19.1. The third-order valence-electron chi connectivity index (χ3n) is 4.75. The van der Waals surface area contributed by atoms with Crippen LogP contribution in [0.2, 0.25) is 0 Å². The summed E-state index contributed by atoms with van der Waals surface area (Å²) in [6.45, 7) is 3.65. The Morgan fingerprint density at radius 2 is 1.71 bits per heavy atom. The van der Waals surface area contributed by atoms with E-state index in [0.29, 0.717) is 31.9 Å². The van der Waals surface area contributed by atoms with Gasteiger partial charge in [0.2, 0.25) is 0 Å². The third-order valence-corrected chi connectivity index (χ3v) is 4.75. The van der Waals surface area contributed by atoms with Gasteiger partial charge in [0, 0.05) is 32.3 Å². The van der Waals surface area contributed by atoms with Crippen molar-refractivity contribution in [1.29, 1.82) is 0 Å². The quantitative estimate of drug-likeness (QED) is 0.589. The lowest BCUT2D eigenvalue weighted by Gasteiger charge is -2.36. The molecule has 1 fully saturated rings. The maximum absolute atomic E-state index is 13.9. The van der Waals surface area contributed by atoms with Crippen LogP contribution in [0, 0.1) is 12.7 Å². The Morgan fingerprint density at radius 3 is 2.43 bits per heavy atom. The second kappa shape index (κ2) is 9.17. The maximum atomic E-state index is 13.9. The third kappa shape index (κ3) is 4.97. The van der Waals surface area contributed by atoms with Crippen LogP contribution in [0.4, 0.5) is 10.1 Å². The number of nitrogens with zero attached hydrogens (tertiary/aromatic N) is 2. The molecule has 0 radical (unpaired) electrons. The molecule has 0 aromatic heterocycles. The number of hydrogen-bond acceptors (Lipinski definition) is 4. The molecule has 146 valence electrons. The van der Waals surface area contributed by atoms with Crippen LogP contribution >= 0.6 is 0 Å². The maximum Gasteiger partial charge on any atom is 0.331 e. The first-order chi connectivity index (χ1) is 13.5. The molecule has 0 aliphatic carbocycles. The molecule has 1 saturated heterocycles. The fourth-order valence-electron chi connectivity index (χ4n) is 3.11. The van der Waals surface area contributed by atoms with Gasteiger partial charge in [0.25, 0.3) is 5.91 Å². The molecular weight excluding hydrogens is 359 g/mol. The number of aryl methyl sites for hydroxylation is 1. The van der Waals surface area contributed by atoms with Crippen molar-refractivity contribution in [3.63, 3.8) is 0 Å².